The molecule has 3 atom stereocenters. The van der Waals surface area contributed by atoms with Gasteiger partial charge in [0.1, 0.15) is 0 Å². The number of hydrogen-bond acceptors (Lipinski definition) is 3. The van der Waals surface area contributed by atoms with Gasteiger partial charge in [-0.25, -0.2) is 0 Å². The molecule has 3 heteroatoms. The van der Waals surface area contributed by atoms with Crippen LogP contribution in [-0.2, 0) is 4.74 Å². The highest BCUT2D eigenvalue weighted by molar-refractivity contribution is 5.44. The molecule has 1 aromatic rings. The van der Waals surface area contributed by atoms with Crippen molar-refractivity contribution in [3.8, 4) is 0 Å². The van der Waals surface area contributed by atoms with Gasteiger partial charge in [-0.15, -0.1) is 0 Å². The van der Waals surface area contributed by atoms with Crippen LogP contribution >= 0.6 is 0 Å². The molecule has 0 amide bonds. The second-order valence-electron chi connectivity index (χ2n) is 5.53. The Hall–Kier alpha value is -1.06. The van der Waals surface area contributed by atoms with Crippen molar-refractivity contribution in [2.24, 2.45) is 5.92 Å². The standard InChI is InChI=1S/C15H21NO2/c17-15-9-5-4-6-12(15)10-18-11-14(15)16-13-7-2-1-3-8-13/h1-3,7-8,12,14,16-17H,4-6,9-11H2/t12-,14-,15?/m1/s1. The molecule has 1 saturated heterocycles. The van der Waals surface area contributed by atoms with E-state index < -0.39 is 5.60 Å². The number of nitrogens with one attached hydrogen (secondary N) is 1. The van der Waals surface area contributed by atoms with E-state index >= 15 is 0 Å². The molecule has 1 aliphatic carbocycles. The second kappa shape index (κ2) is 4.90. The summed E-state index contributed by atoms with van der Waals surface area (Å²) >= 11 is 0. The molecule has 3 rings (SSSR count). The highest BCUT2D eigenvalue weighted by Crippen LogP contribution is 2.40. The number of fused-ring (bicyclic) bond motifs is 1. The fourth-order valence-corrected chi connectivity index (χ4v) is 3.31. The van der Waals surface area contributed by atoms with Gasteiger partial charge >= 0.3 is 0 Å². The molecule has 18 heavy (non-hydrogen) atoms. The molecule has 2 fully saturated rings. The highest BCUT2D eigenvalue weighted by atomic mass is 16.5. The maximum Gasteiger partial charge on any atom is 0.0920 e. The number of anilines is 1. The maximum atomic E-state index is 11.0. The van der Waals surface area contributed by atoms with Gasteiger partial charge in [0.05, 0.1) is 24.9 Å². The molecule has 1 saturated carbocycles. The Morgan fingerprint density at radius 1 is 1.17 bits per heavy atom. The van der Waals surface area contributed by atoms with Crippen molar-refractivity contribution >= 4 is 5.69 Å². The molecule has 1 heterocycles. The Morgan fingerprint density at radius 3 is 2.83 bits per heavy atom. The van der Waals surface area contributed by atoms with E-state index in [1.54, 1.807) is 0 Å². The predicted octanol–water partition coefficient (Wildman–Crippen LogP) is 2.42. The van der Waals surface area contributed by atoms with Crippen molar-refractivity contribution in [1.29, 1.82) is 0 Å². The summed E-state index contributed by atoms with van der Waals surface area (Å²) in [5.41, 5.74) is 0.470. The lowest BCUT2D eigenvalue weighted by atomic mass is 9.70. The van der Waals surface area contributed by atoms with E-state index in [-0.39, 0.29) is 6.04 Å². The van der Waals surface area contributed by atoms with Crippen LogP contribution in [0, 0.1) is 5.92 Å². The van der Waals surface area contributed by atoms with E-state index in [0.717, 1.165) is 24.9 Å². The van der Waals surface area contributed by atoms with Crippen LogP contribution in [0.1, 0.15) is 25.7 Å². The summed E-state index contributed by atoms with van der Waals surface area (Å²) in [6, 6.07) is 10.1. The van der Waals surface area contributed by atoms with Crippen molar-refractivity contribution in [2.75, 3.05) is 18.5 Å². The molecular formula is C15H21NO2. The SMILES string of the molecule is OC12CCCC[C@@H]1COC[C@H]2Nc1ccccc1. The first-order valence-corrected chi connectivity index (χ1v) is 6.91. The van der Waals surface area contributed by atoms with Crippen molar-refractivity contribution in [1.82, 2.24) is 0 Å². The van der Waals surface area contributed by atoms with Crippen LogP contribution in [0.15, 0.2) is 30.3 Å². The van der Waals surface area contributed by atoms with E-state index in [9.17, 15) is 5.11 Å². The Kier molecular flexibility index (Phi) is 3.27. The zero-order valence-corrected chi connectivity index (χ0v) is 10.6. The molecule has 98 valence electrons. The van der Waals surface area contributed by atoms with Gasteiger partial charge in [-0.2, -0.15) is 0 Å². The first-order chi connectivity index (χ1) is 8.79. The average Bonchev–Trinajstić information content (AvgIpc) is 2.41. The van der Waals surface area contributed by atoms with Gasteiger partial charge in [0.25, 0.3) is 0 Å². The molecule has 0 spiro atoms. The number of benzene rings is 1. The second-order valence-corrected chi connectivity index (χ2v) is 5.53. The molecule has 1 unspecified atom stereocenters. The third kappa shape index (κ3) is 2.13. The quantitative estimate of drug-likeness (QED) is 0.843. The Morgan fingerprint density at radius 2 is 2.00 bits per heavy atom. The Bertz CT molecular complexity index is 393. The topological polar surface area (TPSA) is 41.5 Å². The summed E-state index contributed by atoms with van der Waals surface area (Å²) in [6.07, 6.45) is 4.32. The predicted molar refractivity (Wildman–Crippen MR) is 71.6 cm³/mol. The summed E-state index contributed by atoms with van der Waals surface area (Å²) in [5.74, 6) is 0.293. The van der Waals surface area contributed by atoms with Crippen molar-refractivity contribution in [3.05, 3.63) is 30.3 Å². The minimum absolute atomic E-state index is 0.0129. The van der Waals surface area contributed by atoms with Crippen LogP contribution in [0.25, 0.3) is 0 Å². The third-order valence-electron chi connectivity index (χ3n) is 4.41. The maximum absolute atomic E-state index is 11.0. The molecular weight excluding hydrogens is 226 g/mol. The molecule has 1 aliphatic heterocycles. The van der Waals surface area contributed by atoms with Crippen molar-refractivity contribution in [3.63, 3.8) is 0 Å². The van der Waals surface area contributed by atoms with Crippen LogP contribution < -0.4 is 5.32 Å². The smallest absolute Gasteiger partial charge is 0.0920 e. The normalized spacial score (nSPS) is 35.8. The van der Waals surface area contributed by atoms with Crippen LogP contribution in [0.2, 0.25) is 0 Å². The average molecular weight is 247 g/mol. The van der Waals surface area contributed by atoms with Gasteiger partial charge < -0.3 is 15.2 Å². The Balaban J connectivity index is 1.78. The molecule has 0 bridgehead atoms. The highest BCUT2D eigenvalue weighted by Gasteiger charge is 2.48. The molecule has 1 aromatic carbocycles. The first-order valence-electron chi connectivity index (χ1n) is 6.91. The van der Waals surface area contributed by atoms with E-state index in [0.29, 0.717) is 19.1 Å². The fourth-order valence-electron chi connectivity index (χ4n) is 3.31. The summed E-state index contributed by atoms with van der Waals surface area (Å²) in [5, 5.41) is 14.4. The largest absolute Gasteiger partial charge is 0.387 e. The van der Waals surface area contributed by atoms with Gasteiger partial charge in [0.15, 0.2) is 0 Å². The Labute approximate surface area is 108 Å². The summed E-state index contributed by atoms with van der Waals surface area (Å²) in [6.45, 7) is 1.31. The lowest BCUT2D eigenvalue weighted by molar-refractivity contribution is -0.139. The molecule has 3 nitrogen and oxygen atoms in total. The molecule has 2 aliphatic rings. The number of hydrogen-bond donors (Lipinski definition) is 2. The summed E-state index contributed by atoms with van der Waals surface area (Å²) in [7, 11) is 0. The van der Waals surface area contributed by atoms with Gasteiger partial charge in [-0.1, -0.05) is 31.0 Å². The van der Waals surface area contributed by atoms with Crippen molar-refractivity contribution in [2.45, 2.75) is 37.3 Å². The zero-order valence-electron chi connectivity index (χ0n) is 10.6. The lowest BCUT2D eigenvalue weighted by Crippen LogP contribution is -2.60. The van der Waals surface area contributed by atoms with Crippen molar-refractivity contribution < 1.29 is 9.84 Å². The van der Waals surface area contributed by atoms with Gasteiger partial charge in [-0.05, 0) is 25.0 Å². The lowest BCUT2D eigenvalue weighted by Gasteiger charge is -2.48. The first kappa shape index (κ1) is 12.0. The van der Waals surface area contributed by atoms with Gasteiger partial charge in [-0.3, -0.25) is 0 Å². The van der Waals surface area contributed by atoms with Gasteiger partial charge in [0.2, 0.25) is 0 Å². The van der Waals surface area contributed by atoms with Gasteiger partial charge in [0, 0.05) is 11.6 Å². The van der Waals surface area contributed by atoms with E-state index in [4.69, 9.17) is 4.74 Å². The van der Waals surface area contributed by atoms with Crippen LogP contribution in [0.5, 0.6) is 0 Å². The van der Waals surface area contributed by atoms with E-state index in [1.807, 2.05) is 30.3 Å². The minimum Gasteiger partial charge on any atom is -0.387 e. The van der Waals surface area contributed by atoms with E-state index in [1.165, 1.54) is 6.42 Å². The number of rotatable bonds is 2. The molecule has 0 aromatic heterocycles. The molecule has 0 radical (unpaired) electrons. The number of ether oxygens (including phenoxy) is 1. The third-order valence-corrected chi connectivity index (χ3v) is 4.41. The minimum atomic E-state index is -0.591. The van der Waals surface area contributed by atoms with Crippen LogP contribution in [0.3, 0.4) is 0 Å². The molecule has 2 N–H and O–H groups in total. The zero-order chi connectivity index (χ0) is 12.4. The fraction of sp³-hybridized carbons (Fsp3) is 0.600. The summed E-state index contributed by atoms with van der Waals surface area (Å²) < 4.78 is 5.67. The van der Waals surface area contributed by atoms with Crippen LogP contribution in [-0.4, -0.2) is 30.0 Å². The monoisotopic (exact) mass is 247 g/mol. The van der Waals surface area contributed by atoms with E-state index in [2.05, 4.69) is 5.32 Å². The summed E-state index contributed by atoms with van der Waals surface area (Å²) in [4.78, 5) is 0. The van der Waals surface area contributed by atoms with Crippen LogP contribution in [0.4, 0.5) is 5.69 Å². The number of aliphatic hydroxyl groups is 1. The number of para-hydroxylation sites is 1.